The molecule has 8 nitrogen and oxygen atoms in total. The average Bonchev–Trinajstić information content (AvgIpc) is 2.54. The molecule has 0 aromatic carbocycles. The Hall–Kier alpha value is -2.97. The van der Waals surface area contributed by atoms with Crippen LogP contribution in [0.5, 0.6) is 5.75 Å². The number of halogens is 1. The molecule has 27 heavy (non-hydrogen) atoms. The highest BCUT2D eigenvalue weighted by Crippen LogP contribution is 2.43. The number of aromatic nitrogens is 3. The Morgan fingerprint density at radius 3 is 2.70 bits per heavy atom. The minimum Gasteiger partial charge on any atom is -0.474 e. The maximum Gasteiger partial charge on any atom is 0.269 e. The van der Waals surface area contributed by atoms with Gasteiger partial charge in [-0.15, -0.1) is 0 Å². The number of hydrogen-bond acceptors (Lipinski definition) is 7. The normalized spacial score (nSPS) is 17.4. The van der Waals surface area contributed by atoms with Gasteiger partial charge < -0.3 is 20.7 Å². The van der Waals surface area contributed by atoms with Crippen molar-refractivity contribution in [2.24, 2.45) is 0 Å². The predicted octanol–water partition coefficient (Wildman–Crippen LogP) is 3.22. The second-order valence-corrected chi connectivity index (χ2v) is 7.84. The van der Waals surface area contributed by atoms with E-state index in [0.717, 1.165) is 12.6 Å². The SMILES string of the molecule is CC(C)(C)Nc1ncc(F)c(Nc2ccc3c(n2)NC(=O)C2(CCC2)O3)n1. The van der Waals surface area contributed by atoms with E-state index in [2.05, 4.69) is 30.9 Å². The molecule has 3 N–H and O–H groups in total. The summed E-state index contributed by atoms with van der Waals surface area (Å²) in [6.45, 7) is 5.86. The van der Waals surface area contributed by atoms with Crippen LogP contribution in [-0.4, -0.2) is 32.0 Å². The first-order valence-corrected chi connectivity index (χ1v) is 8.83. The van der Waals surface area contributed by atoms with Crippen LogP contribution >= 0.6 is 0 Å². The highest BCUT2D eigenvalue weighted by Gasteiger charge is 2.49. The number of nitrogens with one attached hydrogen (secondary N) is 3. The lowest BCUT2D eigenvalue weighted by atomic mass is 9.78. The monoisotopic (exact) mass is 372 g/mol. The number of fused-ring (bicyclic) bond motifs is 1. The van der Waals surface area contributed by atoms with E-state index < -0.39 is 11.4 Å². The second kappa shape index (κ2) is 6.04. The Kier molecular flexibility index (Phi) is 3.90. The number of nitrogens with zero attached hydrogens (tertiary/aromatic N) is 3. The Labute approximate surface area is 156 Å². The summed E-state index contributed by atoms with van der Waals surface area (Å²) in [4.78, 5) is 24.7. The molecule has 1 spiro atoms. The van der Waals surface area contributed by atoms with Gasteiger partial charge in [-0.3, -0.25) is 4.79 Å². The van der Waals surface area contributed by atoms with Gasteiger partial charge >= 0.3 is 0 Å². The average molecular weight is 372 g/mol. The lowest BCUT2D eigenvalue weighted by molar-refractivity contribution is -0.140. The smallest absolute Gasteiger partial charge is 0.269 e. The highest BCUT2D eigenvalue weighted by atomic mass is 19.1. The van der Waals surface area contributed by atoms with E-state index in [0.29, 0.717) is 36.2 Å². The van der Waals surface area contributed by atoms with Crippen LogP contribution < -0.4 is 20.7 Å². The zero-order chi connectivity index (χ0) is 19.2. The van der Waals surface area contributed by atoms with Crippen LogP contribution in [0.15, 0.2) is 18.3 Å². The molecular weight excluding hydrogens is 351 g/mol. The van der Waals surface area contributed by atoms with Crippen molar-refractivity contribution in [3.8, 4) is 5.75 Å². The van der Waals surface area contributed by atoms with Crippen molar-refractivity contribution < 1.29 is 13.9 Å². The number of hydrogen-bond donors (Lipinski definition) is 3. The molecule has 0 unspecified atom stereocenters. The summed E-state index contributed by atoms with van der Waals surface area (Å²) in [5, 5.41) is 8.70. The summed E-state index contributed by atoms with van der Waals surface area (Å²) in [6.07, 6.45) is 3.46. The fourth-order valence-corrected chi connectivity index (χ4v) is 2.96. The summed E-state index contributed by atoms with van der Waals surface area (Å²) in [5.41, 5.74) is -1.02. The van der Waals surface area contributed by atoms with Crippen LogP contribution in [0.3, 0.4) is 0 Å². The molecule has 1 saturated carbocycles. The third-order valence-corrected chi connectivity index (χ3v) is 4.45. The van der Waals surface area contributed by atoms with Crippen molar-refractivity contribution in [3.63, 3.8) is 0 Å². The zero-order valence-corrected chi connectivity index (χ0v) is 15.4. The maximum atomic E-state index is 14.1. The fourth-order valence-electron chi connectivity index (χ4n) is 2.96. The molecule has 2 aromatic rings. The Morgan fingerprint density at radius 1 is 1.26 bits per heavy atom. The van der Waals surface area contributed by atoms with Crippen LogP contribution in [0, 0.1) is 5.82 Å². The van der Waals surface area contributed by atoms with Crippen LogP contribution in [0.25, 0.3) is 0 Å². The molecule has 2 aromatic heterocycles. The van der Waals surface area contributed by atoms with Gasteiger partial charge in [0, 0.05) is 5.54 Å². The van der Waals surface area contributed by atoms with Gasteiger partial charge in [0.1, 0.15) is 5.82 Å². The molecule has 0 radical (unpaired) electrons. The number of carbonyl (C=O) groups excluding carboxylic acids is 1. The molecule has 2 aliphatic rings. The predicted molar refractivity (Wildman–Crippen MR) is 98.7 cm³/mol. The number of anilines is 4. The molecule has 142 valence electrons. The number of rotatable bonds is 3. The Bertz CT molecular complexity index is 907. The van der Waals surface area contributed by atoms with Crippen LogP contribution in [0.1, 0.15) is 40.0 Å². The van der Waals surface area contributed by atoms with Gasteiger partial charge in [-0.25, -0.2) is 14.4 Å². The minimum absolute atomic E-state index is 0.0114. The maximum absolute atomic E-state index is 14.1. The first kappa shape index (κ1) is 17.4. The van der Waals surface area contributed by atoms with Crippen LogP contribution in [0.2, 0.25) is 0 Å². The molecule has 1 amide bonds. The number of carbonyl (C=O) groups is 1. The lowest BCUT2D eigenvalue weighted by Gasteiger charge is -2.42. The number of amides is 1. The van der Waals surface area contributed by atoms with Gasteiger partial charge in [0.15, 0.2) is 28.8 Å². The number of ether oxygens (including phenoxy) is 1. The largest absolute Gasteiger partial charge is 0.474 e. The molecular formula is C18H21FN6O2. The third-order valence-electron chi connectivity index (χ3n) is 4.45. The van der Waals surface area contributed by atoms with Gasteiger partial charge in [-0.2, -0.15) is 4.98 Å². The van der Waals surface area contributed by atoms with Crippen molar-refractivity contribution in [1.82, 2.24) is 15.0 Å². The quantitative estimate of drug-likeness (QED) is 0.760. The summed E-state index contributed by atoms with van der Waals surface area (Å²) < 4.78 is 20.0. The van der Waals surface area contributed by atoms with Gasteiger partial charge in [0.05, 0.1) is 6.20 Å². The van der Waals surface area contributed by atoms with Gasteiger partial charge in [-0.1, -0.05) is 0 Å². The van der Waals surface area contributed by atoms with Crippen LogP contribution in [-0.2, 0) is 4.79 Å². The first-order valence-electron chi connectivity index (χ1n) is 8.83. The van der Waals surface area contributed by atoms with Crippen molar-refractivity contribution in [2.45, 2.75) is 51.2 Å². The van der Waals surface area contributed by atoms with Crippen molar-refractivity contribution in [1.29, 1.82) is 0 Å². The van der Waals surface area contributed by atoms with E-state index in [1.807, 2.05) is 20.8 Å². The van der Waals surface area contributed by atoms with E-state index >= 15 is 0 Å². The minimum atomic E-state index is -0.754. The fraction of sp³-hybridized carbons (Fsp3) is 0.444. The molecule has 0 bridgehead atoms. The van der Waals surface area contributed by atoms with Crippen LogP contribution in [0.4, 0.5) is 27.8 Å². The van der Waals surface area contributed by atoms with E-state index in [4.69, 9.17) is 4.74 Å². The molecule has 1 aliphatic carbocycles. The van der Waals surface area contributed by atoms with Gasteiger partial charge in [-0.05, 0) is 52.2 Å². The van der Waals surface area contributed by atoms with E-state index in [-0.39, 0.29) is 17.3 Å². The van der Waals surface area contributed by atoms with Gasteiger partial charge in [0.2, 0.25) is 5.95 Å². The van der Waals surface area contributed by atoms with E-state index in [1.165, 1.54) is 0 Å². The second-order valence-electron chi connectivity index (χ2n) is 7.84. The summed E-state index contributed by atoms with van der Waals surface area (Å²) >= 11 is 0. The van der Waals surface area contributed by atoms with E-state index in [9.17, 15) is 9.18 Å². The van der Waals surface area contributed by atoms with E-state index in [1.54, 1.807) is 12.1 Å². The number of pyridine rings is 1. The Balaban J connectivity index is 1.56. The zero-order valence-electron chi connectivity index (χ0n) is 15.4. The first-order chi connectivity index (χ1) is 12.7. The summed E-state index contributed by atoms with van der Waals surface area (Å²) in [7, 11) is 0. The molecule has 0 saturated heterocycles. The van der Waals surface area contributed by atoms with Crippen molar-refractivity contribution >= 4 is 29.3 Å². The topological polar surface area (TPSA) is 101 Å². The standard InChI is InChI=1S/C18H21FN6O2/c1-17(2,3)25-16-20-9-10(19)13(24-16)21-12-6-5-11-14(22-12)23-15(26)18(27-11)7-4-8-18/h5-6,9H,4,7-8H2,1-3H3,(H3,20,21,22,23,24,25,26). The van der Waals surface area contributed by atoms with Crippen molar-refractivity contribution in [2.75, 3.05) is 16.0 Å². The molecule has 3 heterocycles. The van der Waals surface area contributed by atoms with Gasteiger partial charge in [0.25, 0.3) is 5.91 Å². The highest BCUT2D eigenvalue weighted by molar-refractivity contribution is 6.00. The molecule has 1 aliphatic heterocycles. The summed E-state index contributed by atoms with van der Waals surface area (Å²) in [5.74, 6) is 0.652. The summed E-state index contributed by atoms with van der Waals surface area (Å²) in [6, 6.07) is 3.36. The van der Waals surface area contributed by atoms with Crippen molar-refractivity contribution in [3.05, 3.63) is 24.1 Å². The molecule has 1 fully saturated rings. The molecule has 9 heteroatoms. The third kappa shape index (κ3) is 3.36. The Morgan fingerprint density at radius 2 is 2.04 bits per heavy atom. The molecule has 0 atom stereocenters. The lowest BCUT2D eigenvalue weighted by Crippen LogP contribution is -2.55. The molecule has 4 rings (SSSR count).